The maximum Gasteiger partial charge on any atom is 0.472 e. The molecule has 0 heterocycles. The molecule has 0 saturated heterocycles. The molecule has 0 radical (unpaired) electrons. The Morgan fingerprint density at radius 2 is 1.21 bits per heavy atom. The summed E-state index contributed by atoms with van der Waals surface area (Å²) in [6.45, 7) is 4.00. The second kappa shape index (κ2) is 30.1. The van der Waals surface area contributed by atoms with Crippen molar-refractivity contribution in [3.8, 4) is 0 Å². The lowest BCUT2D eigenvalue weighted by molar-refractivity contribution is -0.870. The van der Waals surface area contributed by atoms with Gasteiger partial charge in [-0.1, -0.05) is 107 Å². The van der Waals surface area contributed by atoms with E-state index in [1.807, 2.05) is 28.1 Å². The van der Waals surface area contributed by atoms with Crippen molar-refractivity contribution in [2.45, 2.75) is 129 Å². The van der Waals surface area contributed by atoms with Crippen molar-refractivity contribution in [1.82, 2.24) is 0 Å². The van der Waals surface area contributed by atoms with Crippen LogP contribution in [-0.2, 0) is 32.7 Å². The van der Waals surface area contributed by atoms with E-state index in [1.54, 1.807) is 0 Å². The molecule has 0 rings (SSSR count). The molecule has 0 bridgehead atoms. The summed E-state index contributed by atoms with van der Waals surface area (Å²) in [5, 5.41) is 0. The first-order chi connectivity index (χ1) is 22.5. The highest BCUT2D eigenvalue weighted by Crippen LogP contribution is 2.43. The number of hydrogen-bond acceptors (Lipinski definition) is 7. The van der Waals surface area contributed by atoms with E-state index in [4.69, 9.17) is 18.5 Å². The first-order valence-electron chi connectivity index (χ1n) is 17.9. The van der Waals surface area contributed by atoms with Crippen LogP contribution >= 0.6 is 7.82 Å². The van der Waals surface area contributed by atoms with Crippen LogP contribution in [0.2, 0.25) is 0 Å². The number of likely N-dealkylation sites (N-methyl/N-ethyl adjacent to an activating group) is 1. The summed E-state index contributed by atoms with van der Waals surface area (Å²) in [6.07, 6.45) is 32.8. The number of phosphoric acid groups is 1. The monoisotopic (exact) mass is 684 g/mol. The highest BCUT2D eigenvalue weighted by molar-refractivity contribution is 7.47. The van der Waals surface area contributed by atoms with Crippen molar-refractivity contribution in [3.05, 3.63) is 48.6 Å². The zero-order chi connectivity index (χ0) is 35.1. The Morgan fingerprint density at radius 1 is 0.681 bits per heavy atom. The zero-order valence-electron chi connectivity index (χ0n) is 30.2. The molecule has 0 aromatic rings. The number of phosphoric ester groups is 1. The van der Waals surface area contributed by atoms with Crippen molar-refractivity contribution < 1.29 is 42.1 Å². The normalized spacial score (nSPS) is 14.4. The lowest BCUT2D eigenvalue weighted by atomic mass is 10.1. The molecule has 1 N–H and O–H groups in total. The van der Waals surface area contributed by atoms with E-state index in [9.17, 15) is 19.0 Å². The van der Waals surface area contributed by atoms with Gasteiger partial charge in [0.25, 0.3) is 0 Å². The molecule has 47 heavy (non-hydrogen) atoms. The lowest BCUT2D eigenvalue weighted by Crippen LogP contribution is -2.37. The highest BCUT2D eigenvalue weighted by Gasteiger charge is 2.27. The van der Waals surface area contributed by atoms with Gasteiger partial charge in [-0.25, -0.2) is 4.57 Å². The van der Waals surface area contributed by atoms with E-state index in [0.29, 0.717) is 23.9 Å². The molecular weight excluding hydrogens is 617 g/mol. The number of esters is 2. The molecular formula is C37H67NO8P+. The first kappa shape index (κ1) is 45.0. The predicted octanol–water partition coefficient (Wildman–Crippen LogP) is 9.18. The van der Waals surface area contributed by atoms with Crippen LogP contribution in [0.15, 0.2) is 48.6 Å². The predicted molar refractivity (Wildman–Crippen MR) is 192 cm³/mol. The molecule has 0 fully saturated rings. The van der Waals surface area contributed by atoms with Gasteiger partial charge in [-0.05, 0) is 51.4 Å². The molecule has 0 aliphatic heterocycles. The van der Waals surface area contributed by atoms with Gasteiger partial charge in [-0.2, -0.15) is 0 Å². The van der Waals surface area contributed by atoms with Crippen LogP contribution in [0.1, 0.15) is 123 Å². The minimum absolute atomic E-state index is 0.0275. The summed E-state index contributed by atoms with van der Waals surface area (Å²) in [5.41, 5.74) is 0. The quantitative estimate of drug-likeness (QED) is 0.0253. The molecule has 0 aliphatic rings. The number of quaternary nitrogens is 1. The van der Waals surface area contributed by atoms with E-state index < -0.39 is 32.5 Å². The topological polar surface area (TPSA) is 108 Å². The van der Waals surface area contributed by atoms with Gasteiger partial charge < -0.3 is 18.9 Å². The van der Waals surface area contributed by atoms with E-state index in [-0.39, 0.29) is 26.1 Å². The Balaban J connectivity index is 4.13. The molecule has 2 unspecified atom stereocenters. The van der Waals surface area contributed by atoms with Gasteiger partial charge in [0.2, 0.25) is 0 Å². The summed E-state index contributed by atoms with van der Waals surface area (Å²) in [4.78, 5) is 34.5. The summed E-state index contributed by atoms with van der Waals surface area (Å²) in [7, 11) is 1.46. The van der Waals surface area contributed by atoms with Crippen molar-refractivity contribution in [3.63, 3.8) is 0 Å². The molecule has 9 nitrogen and oxygen atoms in total. The average molecular weight is 685 g/mol. The molecule has 2 atom stereocenters. The largest absolute Gasteiger partial charge is 0.472 e. The average Bonchev–Trinajstić information content (AvgIpc) is 3.01. The number of allylic oxidation sites excluding steroid dienone is 8. The van der Waals surface area contributed by atoms with Crippen LogP contribution in [0.25, 0.3) is 0 Å². The molecule has 0 spiro atoms. The molecule has 10 heteroatoms. The van der Waals surface area contributed by atoms with Crippen molar-refractivity contribution >= 4 is 19.8 Å². The van der Waals surface area contributed by atoms with Gasteiger partial charge in [0, 0.05) is 12.8 Å². The Hall–Kier alpha value is -2.03. The zero-order valence-corrected chi connectivity index (χ0v) is 31.1. The van der Waals surface area contributed by atoms with Gasteiger partial charge in [0.1, 0.15) is 19.8 Å². The number of unbranched alkanes of at least 4 members (excludes halogenated alkanes) is 9. The fourth-order valence-corrected chi connectivity index (χ4v) is 5.02. The Labute approximate surface area is 286 Å². The van der Waals surface area contributed by atoms with Gasteiger partial charge >= 0.3 is 19.8 Å². The van der Waals surface area contributed by atoms with E-state index >= 15 is 0 Å². The van der Waals surface area contributed by atoms with Crippen LogP contribution in [0.4, 0.5) is 0 Å². The lowest BCUT2D eigenvalue weighted by Gasteiger charge is -2.24. The molecule has 0 amide bonds. The maximum absolute atomic E-state index is 12.5. The van der Waals surface area contributed by atoms with Crippen molar-refractivity contribution in [2.24, 2.45) is 0 Å². The third-order valence-corrected chi connectivity index (χ3v) is 8.11. The maximum atomic E-state index is 12.5. The third-order valence-electron chi connectivity index (χ3n) is 7.12. The number of carbonyl (C=O) groups is 2. The second-order valence-corrected chi connectivity index (χ2v) is 14.3. The molecule has 0 aromatic heterocycles. The van der Waals surface area contributed by atoms with Crippen LogP contribution in [0, 0.1) is 0 Å². The first-order valence-corrected chi connectivity index (χ1v) is 19.4. The van der Waals surface area contributed by atoms with Crippen LogP contribution in [0.3, 0.4) is 0 Å². The number of hydrogen-bond donors (Lipinski definition) is 1. The third kappa shape index (κ3) is 33.7. The SMILES string of the molecule is CC/C=C\C/C=C\C/C=C\C/C=C\CCCCCCCCCCC(=O)OC(COC(=O)CCCC)COP(=O)(O)OCC[N+](C)(C)C. The van der Waals surface area contributed by atoms with Gasteiger partial charge in [0.05, 0.1) is 27.7 Å². The smallest absolute Gasteiger partial charge is 0.462 e. The van der Waals surface area contributed by atoms with Crippen LogP contribution in [0.5, 0.6) is 0 Å². The summed E-state index contributed by atoms with van der Waals surface area (Å²) < 4.78 is 33.6. The molecule has 0 saturated carbocycles. The van der Waals surface area contributed by atoms with Crippen molar-refractivity contribution in [1.29, 1.82) is 0 Å². The standard InChI is InChI=1S/C37H66NO8P/c1-6-8-10-11-12-13-14-15-16-17-18-19-20-21-22-23-24-25-26-27-28-30-37(40)46-35(33-43-36(39)29-9-7-2)34-45-47(41,42)44-32-31-38(3,4)5/h8,10,12-13,15-16,18-19,35H,6-7,9,11,14,17,20-34H2,1-5H3/p+1/b10-8-,13-12-,16-15-,19-18-. The molecule has 0 aromatic carbocycles. The van der Waals surface area contributed by atoms with Gasteiger partial charge in [-0.3, -0.25) is 18.6 Å². The van der Waals surface area contributed by atoms with Crippen LogP contribution in [-0.4, -0.2) is 74.9 Å². The minimum atomic E-state index is -4.35. The van der Waals surface area contributed by atoms with Crippen molar-refractivity contribution in [2.75, 3.05) is 47.5 Å². The minimum Gasteiger partial charge on any atom is -0.462 e. The second-order valence-electron chi connectivity index (χ2n) is 12.9. The number of rotatable bonds is 31. The van der Waals surface area contributed by atoms with E-state index in [2.05, 4.69) is 55.5 Å². The summed E-state index contributed by atoms with van der Waals surface area (Å²) in [6, 6.07) is 0. The Morgan fingerprint density at radius 3 is 1.79 bits per heavy atom. The highest BCUT2D eigenvalue weighted by atomic mass is 31.2. The Bertz CT molecular complexity index is 954. The fourth-order valence-electron chi connectivity index (χ4n) is 4.27. The fraction of sp³-hybridized carbons (Fsp3) is 0.730. The molecule has 272 valence electrons. The van der Waals surface area contributed by atoms with Gasteiger partial charge in [0.15, 0.2) is 6.10 Å². The van der Waals surface area contributed by atoms with Gasteiger partial charge in [-0.15, -0.1) is 0 Å². The Kier molecular flexibility index (Phi) is 28.8. The van der Waals surface area contributed by atoms with E-state index in [1.165, 1.54) is 25.7 Å². The number of ether oxygens (including phenoxy) is 2. The van der Waals surface area contributed by atoms with E-state index in [0.717, 1.165) is 57.8 Å². The molecule has 0 aliphatic carbocycles. The summed E-state index contributed by atoms with van der Waals surface area (Å²) in [5.74, 6) is -0.855. The summed E-state index contributed by atoms with van der Waals surface area (Å²) >= 11 is 0. The number of nitrogens with zero attached hydrogens (tertiary/aromatic N) is 1. The van der Waals surface area contributed by atoms with Crippen LogP contribution < -0.4 is 0 Å². The number of carbonyl (C=O) groups excluding carboxylic acids is 2.